The Morgan fingerprint density at radius 1 is 1.27 bits per heavy atom. The third-order valence-electron chi connectivity index (χ3n) is 3.13. The highest BCUT2D eigenvalue weighted by Gasteiger charge is 2.07. The molecule has 112 valence electrons. The van der Waals surface area contributed by atoms with Crippen molar-refractivity contribution < 1.29 is 9.74 Å². The number of aromatic nitrogens is 5. The number of rotatable bonds is 4. The third-order valence-corrected chi connectivity index (χ3v) is 3.13. The van der Waals surface area contributed by atoms with E-state index < -0.39 is 0 Å². The van der Waals surface area contributed by atoms with Crippen molar-refractivity contribution in [3.05, 3.63) is 41.5 Å². The van der Waals surface area contributed by atoms with Gasteiger partial charge in [0.1, 0.15) is 23.5 Å². The number of phenols is 1. The molecule has 0 aliphatic heterocycles. The summed E-state index contributed by atoms with van der Waals surface area (Å²) in [7, 11) is 0. The van der Waals surface area contributed by atoms with Gasteiger partial charge in [-0.2, -0.15) is 0 Å². The van der Waals surface area contributed by atoms with Crippen LogP contribution in [0.25, 0.3) is 23.7 Å². The van der Waals surface area contributed by atoms with Gasteiger partial charge in [0, 0.05) is 11.8 Å². The van der Waals surface area contributed by atoms with Gasteiger partial charge in [0.15, 0.2) is 5.82 Å². The third kappa shape index (κ3) is 2.88. The van der Waals surface area contributed by atoms with E-state index in [9.17, 15) is 5.11 Å². The van der Waals surface area contributed by atoms with Gasteiger partial charge in [0.05, 0.1) is 0 Å². The number of aromatic hydroxyl groups is 1. The Labute approximate surface area is 126 Å². The van der Waals surface area contributed by atoms with E-state index in [2.05, 4.69) is 20.4 Å². The average molecular weight is 297 g/mol. The van der Waals surface area contributed by atoms with E-state index in [4.69, 9.17) is 4.63 Å². The van der Waals surface area contributed by atoms with Crippen molar-refractivity contribution in [2.75, 3.05) is 0 Å². The van der Waals surface area contributed by atoms with Crippen LogP contribution in [0, 0.1) is 6.92 Å². The predicted octanol–water partition coefficient (Wildman–Crippen LogP) is 2.53. The Bertz CT molecular complexity index is 799. The molecule has 1 aromatic carbocycles. The van der Waals surface area contributed by atoms with Gasteiger partial charge in [-0.1, -0.05) is 17.2 Å². The van der Waals surface area contributed by atoms with E-state index >= 15 is 0 Å². The summed E-state index contributed by atoms with van der Waals surface area (Å²) in [6.45, 7) is 3.89. The maximum atomic E-state index is 9.65. The second kappa shape index (κ2) is 5.80. The van der Waals surface area contributed by atoms with Crippen molar-refractivity contribution in [2.24, 2.45) is 0 Å². The number of phenolic OH excluding ortho intramolecular Hbond substituents is 1. The Balaban J connectivity index is 1.85. The van der Waals surface area contributed by atoms with Crippen LogP contribution in [0.15, 0.2) is 29.2 Å². The molecular weight excluding hydrogens is 282 g/mol. The molecule has 2 heterocycles. The van der Waals surface area contributed by atoms with Crippen molar-refractivity contribution in [1.82, 2.24) is 25.1 Å². The minimum atomic E-state index is 0.197. The molecule has 0 spiro atoms. The summed E-state index contributed by atoms with van der Waals surface area (Å²) in [6, 6.07) is 5.23. The molecule has 0 saturated heterocycles. The predicted molar refractivity (Wildman–Crippen MR) is 80.8 cm³/mol. The first kappa shape index (κ1) is 14.0. The molecular formula is C15H15N5O2. The van der Waals surface area contributed by atoms with Crippen LogP contribution in [0.2, 0.25) is 0 Å². The lowest BCUT2D eigenvalue weighted by molar-refractivity contribution is 0.303. The quantitative estimate of drug-likeness (QED) is 0.796. The van der Waals surface area contributed by atoms with Crippen LogP contribution in [0.1, 0.15) is 23.9 Å². The van der Waals surface area contributed by atoms with E-state index in [1.165, 1.54) is 0 Å². The number of benzene rings is 1. The summed E-state index contributed by atoms with van der Waals surface area (Å²) in [6.07, 6.45) is 5.82. The van der Waals surface area contributed by atoms with Crippen molar-refractivity contribution in [3.8, 4) is 17.1 Å². The topological polar surface area (TPSA) is 89.9 Å². The molecule has 1 N–H and O–H groups in total. The zero-order valence-corrected chi connectivity index (χ0v) is 12.3. The van der Waals surface area contributed by atoms with Crippen LogP contribution in [0.5, 0.6) is 5.75 Å². The molecule has 0 atom stereocenters. The molecule has 7 nitrogen and oxygen atoms in total. The molecule has 0 bridgehead atoms. The normalized spacial score (nSPS) is 11.4. The molecule has 22 heavy (non-hydrogen) atoms. The highest BCUT2D eigenvalue weighted by molar-refractivity contribution is 5.61. The lowest BCUT2D eigenvalue weighted by Crippen LogP contribution is -1.89. The van der Waals surface area contributed by atoms with Gasteiger partial charge in [0.2, 0.25) is 0 Å². The highest BCUT2D eigenvalue weighted by atomic mass is 16.6. The minimum absolute atomic E-state index is 0.197. The molecule has 3 aromatic rings. The second-order valence-corrected chi connectivity index (χ2v) is 4.87. The maximum Gasteiger partial charge on any atom is 0.181 e. The van der Waals surface area contributed by atoms with E-state index in [1.807, 2.05) is 19.9 Å². The summed E-state index contributed by atoms with van der Waals surface area (Å²) in [5, 5.41) is 21.6. The zero-order chi connectivity index (χ0) is 15.5. The average Bonchev–Trinajstić information content (AvgIpc) is 3.13. The lowest BCUT2D eigenvalue weighted by Gasteiger charge is -1.99. The summed E-state index contributed by atoms with van der Waals surface area (Å²) in [5.41, 5.74) is 3.18. The van der Waals surface area contributed by atoms with Gasteiger partial charge in [0.25, 0.3) is 0 Å². The molecule has 0 unspecified atom stereocenters. The number of aryl methyl sites for hydroxylation is 2. The Morgan fingerprint density at radius 2 is 2.14 bits per heavy atom. The smallest absolute Gasteiger partial charge is 0.181 e. The SMILES string of the molecule is CCc1nonc1/C=C\n1cnc(-c2cc(C)cc(O)c2)n1. The van der Waals surface area contributed by atoms with E-state index in [-0.39, 0.29) is 5.75 Å². The molecule has 3 rings (SSSR count). The molecule has 7 heteroatoms. The summed E-state index contributed by atoms with van der Waals surface area (Å²) in [5.74, 6) is 0.737. The van der Waals surface area contributed by atoms with Gasteiger partial charge in [-0.3, -0.25) is 0 Å². The van der Waals surface area contributed by atoms with Crippen molar-refractivity contribution in [3.63, 3.8) is 0 Å². The number of hydrogen-bond donors (Lipinski definition) is 1. The second-order valence-electron chi connectivity index (χ2n) is 4.87. The molecule has 0 radical (unpaired) electrons. The fourth-order valence-electron chi connectivity index (χ4n) is 2.10. The molecule has 0 saturated carbocycles. The molecule has 2 aromatic heterocycles. The van der Waals surface area contributed by atoms with Gasteiger partial charge in [-0.15, -0.1) is 5.10 Å². The molecule has 0 amide bonds. The van der Waals surface area contributed by atoms with Crippen LogP contribution in [-0.4, -0.2) is 30.2 Å². The number of nitrogens with zero attached hydrogens (tertiary/aromatic N) is 5. The first-order valence-electron chi connectivity index (χ1n) is 6.87. The largest absolute Gasteiger partial charge is 0.508 e. The van der Waals surface area contributed by atoms with Gasteiger partial charge in [-0.05, 0) is 43.2 Å². The lowest BCUT2D eigenvalue weighted by atomic mass is 10.1. The zero-order valence-electron chi connectivity index (χ0n) is 12.3. The van der Waals surface area contributed by atoms with Crippen LogP contribution < -0.4 is 0 Å². The first-order valence-corrected chi connectivity index (χ1v) is 6.87. The van der Waals surface area contributed by atoms with E-state index in [0.29, 0.717) is 11.5 Å². The van der Waals surface area contributed by atoms with Crippen molar-refractivity contribution >= 4 is 12.3 Å². The Hall–Kier alpha value is -2.96. The van der Waals surface area contributed by atoms with Gasteiger partial charge < -0.3 is 5.11 Å². The Morgan fingerprint density at radius 3 is 2.91 bits per heavy atom. The summed E-state index contributed by atoms with van der Waals surface area (Å²) < 4.78 is 6.27. The van der Waals surface area contributed by atoms with E-state index in [1.54, 1.807) is 35.4 Å². The standard InChI is InChI=1S/C15H15N5O2/c1-3-13-14(19-22-18-13)4-5-20-9-16-15(17-20)11-6-10(2)7-12(21)8-11/h4-9,21H,3H2,1-2H3/b5-4-. The molecule has 0 fully saturated rings. The van der Waals surface area contributed by atoms with E-state index in [0.717, 1.165) is 23.2 Å². The molecule has 0 aliphatic carbocycles. The van der Waals surface area contributed by atoms with Crippen LogP contribution in [-0.2, 0) is 6.42 Å². The molecule has 0 aliphatic rings. The fraction of sp³-hybridized carbons (Fsp3) is 0.200. The Kier molecular flexibility index (Phi) is 3.69. The summed E-state index contributed by atoms with van der Waals surface area (Å²) in [4.78, 5) is 4.24. The van der Waals surface area contributed by atoms with Crippen molar-refractivity contribution in [2.45, 2.75) is 20.3 Å². The van der Waals surface area contributed by atoms with Gasteiger partial charge >= 0.3 is 0 Å². The number of hydrogen-bond acceptors (Lipinski definition) is 6. The maximum absolute atomic E-state index is 9.65. The van der Waals surface area contributed by atoms with Crippen LogP contribution in [0.3, 0.4) is 0 Å². The highest BCUT2D eigenvalue weighted by Crippen LogP contribution is 2.22. The van der Waals surface area contributed by atoms with Crippen molar-refractivity contribution in [1.29, 1.82) is 0 Å². The van der Waals surface area contributed by atoms with Crippen LogP contribution >= 0.6 is 0 Å². The summed E-state index contributed by atoms with van der Waals surface area (Å²) >= 11 is 0. The first-order chi connectivity index (χ1) is 10.7. The van der Waals surface area contributed by atoms with Gasteiger partial charge in [-0.25, -0.2) is 14.3 Å². The fourth-order valence-corrected chi connectivity index (χ4v) is 2.10. The monoisotopic (exact) mass is 297 g/mol. The minimum Gasteiger partial charge on any atom is -0.508 e. The van der Waals surface area contributed by atoms with Crippen LogP contribution in [0.4, 0.5) is 0 Å².